The lowest BCUT2D eigenvalue weighted by molar-refractivity contribution is 0.195. The molecule has 0 aromatic heterocycles. The van der Waals surface area contributed by atoms with Crippen LogP contribution < -0.4 is 10.6 Å². The highest BCUT2D eigenvalue weighted by Crippen LogP contribution is 2.49. The van der Waals surface area contributed by atoms with Crippen LogP contribution in [0, 0.1) is 17.8 Å². The molecule has 0 amide bonds. The van der Waals surface area contributed by atoms with Gasteiger partial charge in [0.15, 0.2) is 5.96 Å². The highest BCUT2D eigenvalue weighted by molar-refractivity contribution is 5.79. The van der Waals surface area contributed by atoms with Gasteiger partial charge in [0, 0.05) is 33.9 Å². The number of ether oxygens (including phenoxy) is 1. The normalized spacial score (nSPS) is 29.8. The van der Waals surface area contributed by atoms with Crippen molar-refractivity contribution in [2.45, 2.75) is 38.5 Å². The van der Waals surface area contributed by atoms with Gasteiger partial charge in [0.05, 0.1) is 0 Å². The maximum atomic E-state index is 5.03. The fourth-order valence-electron chi connectivity index (χ4n) is 3.75. The molecule has 2 N–H and O–H groups in total. The number of rotatable bonds is 7. The summed E-state index contributed by atoms with van der Waals surface area (Å²) in [5, 5.41) is 6.75. The lowest BCUT2D eigenvalue weighted by Gasteiger charge is -2.22. The second-order valence-electron chi connectivity index (χ2n) is 6.00. The zero-order chi connectivity index (χ0) is 13.5. The van der Waals surface area contributed by atoms with Crippen LogP contribution in [0.25, 0.3) is 0 Å². The first-order valence-electron chi connectivity index (χ1n) is 7.77. The van der Waals surface area contributed by atoms with Crippen LogP contribution in [-0.2, 0) is 4.74 Å². The van der Waals surface area contributed by atoms with Gasteiger partial charge >= 0.3 is 0 Å². The molecule has 0 aromatic carbocycles. The molecular formula is C15H29N3O. The van der Waals surface area contributed by atoms with Gasteiger partial charge in [0.25, 0.3) is 0 Å². The lowest BCUT2D eigenvalue weighted by atomic mass is 9.86. The Kier molecular flexibility index (Phi) is 5.95. The molecule has 0 aromatic rings. The summed E-state index contributed by atoms with van der Waals surface area (Å²) in [6, 6.07) is 0. The van der Waals surface area contributed by atoms with Crippen molar-refractivity contribution < 1.29 is 4.74 Å². The van der Waals surface area contributed by atoms with Gasteiger partial charge in [-0.25, -0.2) is 0 Å². The third-order valence-electron chi connectivity index (χ3n) is 4.73. The maximum Gasteiger partial charge on any atom is 0.190 e. The van der Waals surface area contributed by atoms with Gasteiger partial charge in [-0.1, -0.05) is 6.42 Å². The Morgan fingerprint density at radius 3 is 2.68 bits per heavy atom. The number of hydrogen-bond acceptors (Lipinski definition) is 2. The van der Waals surface area contributed by atoms with E-state index in [0.29, 0.717) is 0 Å². The molecule has 2 bridgehead atoms. The van der Waals surface area contributed by atoms with Crippen molar-refractivity contribution in [1.82, 2.24) is 10.6 Å². The van der Waals surface area contributed by atoms with Gasteiger partial charge in [-0.2, -0.15) is 0 Å². The highest BCUT2D eigenvalue weighted by atomic mass is 16.5. The minimum atomic E-state index is 0.801. The molecule has 110 valence electrons. The highest BCUT2D eigenvalue weighted by Gasteiger charge is 2.38. The van der Waals surface area contributed by atoms with Gasteiger partial charge in [0.1, 0.15) is 0 Å². The summed E-state index contributed by atoms with van der Waals surface area (Å²) in [5.41, 5.74) is 0. The quantitative estimate of drug-likeness (QED) is 0.421. The van der Waals surface area contributed by atoms with Crippen molar-refractivity contribution in [1.29, 1.82) is 0 Å². The molecular weight excluding hydrogens is 238 g/mol. The zero-order valence-electron chi connectivity index (χ0n) is 12.5. The van der Waals surface area contributed by atoms with Crippen LogP contribution in [-0.4, -0.2) is 39.8 Å². The zero-order valence-corrected chi connectivity index (χ0v) is 12.5. The van der Waals surface area contributed by atoms with Gasteiger partial charge in [0.2, 0.25) is 0 Å². The summed E-state index contributed by atoms with van der Waals surface area (Å²) in [6.07, 6.45) is 8.29. The first-order valence-corrected chi connectivity index (χ1v) is 7.77. The largest absolute Gasteiger partial charge is 0.385 e. The van der Waals surface area contributed by atoms with E-state index in [4.69, 9.17) is 4.74 Å². The van der Waals surface area contributed by atoms with Crippen LogP contribution in [0.3, 0.4) is 0 Å². The Labute approximate surface area is 117 Å². The molecule has 19 heavy (non-hydrogen) atoms. The summed E-state index contributed by atoms with van der Waals surface area (Å²) >= 11 is 0. The number of aliphatic imine (C=N–C) groups is 1. The standard InChI is InChI=1S/C15H29N3O/c1-16-15(17-7-3-9-19-2)18-8-6-14-11-12-4-5-13(14)10-12/h12-14H,3-11H2,1-2H3,(H2,16,17,18). The predicted molar refractivity (Wildman–Crippen MR) is 79.4 cm³/mol. The molecule has 2 fully saturated rings. The topological polar surface area (TPSA) is 45.7 Å². The van der Waals surface area contributed by atoms with E-state index < -0.39 is 0 Å². The van der Waals surface area contributed by atoms with Crippen LogP contribution in [0.4, 0.5) is 0 Å². The molecule has 2 saturated carbocycles. The average molecular weight is 267 g/mol. The summed E-state index contributed by atoms with van der Waals surface area (Å²) in [4.78, 5) is 4.25. The summed E-state index contributed by atoms with van der Waals surface area (Å²) in [7, 11) is 3.57. The van der Waals surface area contributed by atoms with E-state index in [1.807, 2.05) is 7.05 Å². The van der Waals surface area contributed by atoms with E-state index in [1.165, 1.54) is 32.1 Å². The first-order chi connectivity index (χ1) is 9.33. The minimum absolute atomic E-state index is 0.801. The van der Waals surface area contributed by atoms with E-state index in [-0.39, 0.29) is 0 Å². The SMILES string of the molecule is CN=C(NCCCOC)NCCC1CC2CCC1C2. The van der Waals surface area contributed by atoms with Crippen LogP contribution in [0.5, 0.6) is 0 Å². The molecule has 0 radical (unpaired) electrons. The molecule has 2 aliphatic rings. The third kappa shape index (κ3) is 4.37. The number of guanidine groups is 1. The van der Waals surface area contributed by atoms with E-state index in [9.17, 15) is 0 Å². The molecule has 0 heterocycles. The molecule has 3 atom stereocenters. The van der Waals surface area contributed by atoms with Crippen molar-refractivity contribution in [2.75, 3.05) is 33.9 Å². The van der Waals surface area contributed by atoms with Crippen molar-refractivity contribution in [3.8, 4) is 0 Å². The Balaban J connectivity index is 1.56. The molecule has 4 nitrogen and oxygen atoms in total. The minimum Gasteiger partial charge on any atom is -0.385 e. The Bertz CT molecular complexity index is 293. The molecule has 2 aliphatic carbocycles. The summed E-state index contributed by atoms with van der Waals surface area (Å²) in [6.45, 7) is 2.77. The summed E-state index contributed by atoms with van der Waals surface area (Å²) < 4.78 is 5.03. The van der Waals surface area contributed by atoms with Crippen molar-refractivity contribution in [3.63, 3.8) is 0 Å². The van der Waals surface area contributed by atoms with Crippen LogP contribution in [0.1, 0.15) is 38.5 Å². The van der Waals surface area contributed by atoms with E-state index in [1.54, 1.807) is 7.11 Å². The Morgan fingerprint density at radius 2 is 2.05 bits per heavy atom. The van der Waals surface area contributed by atoms with E-state index in [0.717, 1.165) is 49.8 Å². The molecule has 0 aliphatic heterocycles. The Morgan fingerprint density at radius 1 is 1.21 bits per heavy atom. The fraction of sp³-hybridized carbons (Fsp3) is 0.933. The molecule has 0 spiro atoms. The number of hydrogen-bond donors (Lipinski definition) is 2. The number of nitrogens with zero attached hydrogens (tertiary/aromatic N) is 1. The van der Waals surface area contributed by atoms with Gasteiger partial charge in [-0.15, -0.1) is 0 Å². The number of methoxy groups -OCH3 is 1. The smallest absolute Gasteiger partial charge is 0.190 e. The predicted octanol–water partition coefficient (Wildman–Crippen LogP) is 2.01. The second-order valence-corrected chi connectivity index (χ2v) is 6.00. The number of nitrogens with one attached hydrogen (secondary N) is 2. The molecule has 4 heteroatoms. The van der Waals surface area contributed by atoms with E-state index in [2.05, 4.69) is 15.6 Å². The van der Waals surface area contributed by atoms with Gasteiger partial charge < -0.3 is 15.4 Å². The third-order valence-corrected chi connectivity index (χ3v) is 4.73. The fourth-order valence-corrected chi connectivity index (χ4v) is 3.75. The van der Waals surface area contributed by atoms with Crippen molar-refractivity contribution in [3.05, 3.63) is 0 Å². The Hall–Kier alpha value is -0.770. The second kappa shape index (κ2) is 7.73. The van der Waals surface area contributed by atoms with Crippen molar-refractivity contribution in [2.24, 2.45) is 22.7 Å². The molecule has 0 saturated heterocycles. The number of fused-ring (bicyclic) bond motifs is 2. The molecule has 2 rings (SSSR count). The first kappa shape index (κ1) is 14.6. The monoisotopic (exact) mass is 267 g/mol. The van der Waals surface area contributed by atoms with Gasteiger partial charge in [-0.05, 0) is 49.9 Å². The van der Waals surface area contributed by atoms with Crippen LogP contribution in [0.15, 0.2) is 4.99 Å². The van der Waals surface area contributed by atoms with Crippen LogP contribution >= 0.6 is 0 Å². The van der Waals surface area contributed by atoms with Crippen LogP contribution in [0.2, 0.25) is 0 Å². The average Bonchev–Trinajstić information content (AvgIpc) is 3.04. The molecule has 3 unspecified atom stereocenters. The maximum absolute atomic E-state index is 5.03. The van der Waals surface area contributed by atoms with E-state index >= 15 is 0 Å². The van der Waals surface area contributed by atoms with Gasteiger partial charge in [-0.3, -0.25) is 4.99 Å². The van der Waals surface area contributed by atoms with Crippen molar-refractivity contribution >= 4 is 5.96 Å². The summed E-state index contributed by atoms with van der Waals surface area (Å²) in [5.74, 6) is 3.99. The lowest BCUT2D eigenvalue weighted by Crippen LogP contribution is -2.39.